The van der Waals surface area contributed by atoms with Crippen molar-refractivity contribution in [1.82, 2.24) is 9.55 Å². The first-order valence-corrected chi connectivity index (χ1v) is 9.36. The summed E-state index contributed by atoms with van der Waals surface area (Å²) in [6.45, 7) is 0. The van der Waals surface area contributed by atoms with E-state index in [0.29, 0.717) is 10.2 Å². The molecule has 0 bridgehead atoms. The minimum absolute atomic E-state index is 0.0689. The summed E-state index contributed by atoms with van der Waals surface area (Å²) in [7, 11) is 0. The van der Waals surface area contributed by atoms with Gasteiger partial charge < -0.3 is 4.98 Å². The Morgan fingerprint density at radius 3 is 2.80 bits per heavy atom. The number of hydrogen-bond donors (Lipinski definition) is 1. The Morgan fingerprint density at radius 2 is 1.96 bits per heavy atom. The van der Waals surface area contributed by atoms with Gasteiger partial charge in [0.25, 0.3) is 5.56 Å². The molecule has 25 heavy (non-hydrogen) atoms. The molecular weight excluding hydrogens is 348 g/mol. The van der Waals surface area contributed by atoms with E-state index in [1.807, 2.05) is 42.5 Å². The molecule has 1 aliphatic rings. The van der Waals surface area contributed by atoms with Crippen LogP contribution >= 0.6 is 23.6 Å². The largest absolute Gasteiger partial charge is 0.323 e. The summed E-state index contributed by atoms with van der Waals surface area (Å²) in [6.07, 6.45) is 13.5. The third kappa shape index (κ3) is 2.97. The molecule has 0 aliphatic heterocycles. The number of aromatic amines is 1. The van der Waals surface area contributed by atoms with Gasteiger partial charge in [0.1, 0.15) is 4.83 Å². The van der Waals surface area contributed by atoms with Gasteiger partial charge in [-0.05, 0) is 41.7 Å². The summed E-state index contributed by atoms with van der Waals surface area (Å²) in [5.74, 6) is 0.0833. The number of H-pyrrole nitrogens is 1. The quantitative estimate of drug-likeness (QED) is 0.497. The van der Waals surface area contributed by atoms with Gasteiger partial charge in [-0.2, -0.15) is 0 Å². The van der Waals surface area contributed by atoms with E-state index in [4.69, 9.17) is 12.2 Å². The number of rotatable bonds is 2. The van der Waals surface area contributed by atoms with Gasteiger partial charge in [0.05, 0.1) is 11.1 Å². The van der Waals surface area contributed by atoms with E-state index in [2.05, 4.69) is 34.7 Å². The number of thiophene rings is 1. The Balaban J connectivity index is 1.97. The maximum Gasteiger partial charge on any atom is 0.267 e. The molecule has 0 saturated carbocycles. The predicted octanol–water partition coefficient (Wildman–Crippen LogP) is 5.27. The highest BCUT2D eigenvalue weighted by molar-refractivity contribution is 7.71. The first kappa shape index (κ1) is 16.0. The van der Waals surface area contributed by atoms with Crippen LogP contribution in [0.4, 0.5) is 0 Å². The van der Waals surface area contributed by atoms with Crippen molar-refractivity contribution in [2.45, 2.75) is 12.3 Å². The van der Waals surface area contributed by atoms with Crippen LogP contribution in [-0.2, 0) is 0 Å². The fourth-order valence-electron chi connectivity index (χ4n) is 3.01. The molecule has 0 radical (unpaired) electrons. The lowest BCUT2D eigenvalue weighted by Crippen LogP contribution is -2.20. The molecule has 0 spiro atoms. The molecule has 4 rings (SSSR count). The topological polar surface area (TPSA) is 37.8 Å². The molecule has 3 nitrogen and oxygen atoms in total. The molecule has 1 aliphatic carbocycles. The van der Waals surface area contributed by atoms with Crippen molar-refractivity contribution in [3.05, 3.63) is 92.9 Å². The fraction of sp³-hybridized carbons (Fsp3) is 0.100. The van der Waals surface area contributed by atoms with E-state index in [0.717, 1.165) is 22.5 Å². The van der Waals surface area contributed by atoms with E-state index in [9.17, 15) is 4.79 Å². The van der Waals surface area contributed by atoms with Gasteiger partial charge in [0.15, 0.2) is 4.77 Å². The van der Waals surface area contributed by atoms with Crippen molar-refractivity contribution in [3.8, 4) is 5.69 Å². The lowest BCUT2D eigenvalue weighted by molar-refractivity contribution is 0.938. The number of hydrogen-bond acceptors (Lipinski definition) is 3. The number of nitrogens with one attached hydrogen (secondary N) is 1. The Bertz CT molecular complexity index is 1110. The molecule has 2 heterocycles. The summed E-state index contributed by atoms with van der Waals surface area (Å²) >= 11 is 6.96. The van der Waals surface area contributed by atoms with E-state index < -0.39 is 0 Å². The SMILES string of the molecule is O=c1c2c(C3C=C/C=C\C/C=C\3)csc2[nH]c(=S)n1-c1ccccc1. The van der Waals surface area contributed by atoms with Crippen molar-refractivity contribution in [3.63, 3.8) is 0 Å². The Kier molecular flexibility index (Phi) is 4.34. The van der Waals surface area contributed by atoms with Gasteiger partial charge in [-0.1, -0.05) is 54.7 Å². The van der Waals surface area contributed by atoms with Crippen molar-refractivity contribution in [2.75, 3.05) is 0 Å². The van der Waals surface area contributed by atoms with Crippen molar-refractivity contribution in [2.24, 2.45) is 0 Å². The number of allylic oxidation sites excluding steroid dienone is 6. The standard InChI is InChI=1S/C20H16N2OS2/c23-19-17-16(14-9-5-2-1-3-6-10-14)13-25-18(17)21-20(24)22(19)15-11-7-4-8-12-15/h1-2,4-14H,3H2,(H,21,24)/b2-1-,9-5?,10-6-. The van der Waals surface area contributed by atoms with Gasteiger partial charge in [0.2, 0.25) is 0 Å². The zero-order valence-electron chi connectivity index (χ0n) is 13.4. The number of benzene rings is 1. The second-order valence-electron chi connectivity index (χ2n) is 5.80. The second kappa shape index (κ2) is 6.78. The van der Waals surface area contributed by atoms with E-state index >= 15 is 0 Å². The summed E-state index contributed by atoms with van der Waals surface area (Å²) in [6, 6.07) is 9.52. The molecule has 124 valence electrons. The third-order valence-corrected chi connectivity index (χ3v) is 5.41. The molecule has 1 N–H and O–H groups in total. The molecule has 1 aromatic carbocycles. The van der Waals surface area contributed by atoms with Crippen LogP contribution in [0, 0.1) is 4.77 Å². The summed E-state index contributed by atoms with van der Waals surface area (Å²) in [4.78, 5) is 17.3. The zero-order chi connectivity index (χ0) is 17.2. The van der Waals surface area contributed by atoms with E-state index in [-0.39, 0.29) is 11.5 Å². The van der Waals surface area contributed by atoms with Crippen LogP contribution in [0.5, 0.6) is 0 Å². The Hall–Kier alpha value is -2.50. The highest BCUT2D eigenvalue weighted by Crippen LogP contribution is 2.30. The number of nitrogens with zero attached hydrogens (tertiary/aromatic N) is 1. The average Bonchev–Trinajstić information content (AvgIpc) is 2.99. The highest BCUT2D eigenvalue weighted by Gasteiger charge is 2.17. The summed E-state index contributed by atoms with van der Waals surface area (Å²) < 4.78 is 1.99. The van der Waals surface area contributed by atoms with Crippen molar-refractivity contribution >= 4 is 33.8 Å². The monoisotopic (exact) mass is 364 g/mol. The highest BCUT2D eigenvalue weighted by atomic mass is 32.1. The fourth-order valence-corrected chi connectivity index (χ4v) is 4.37. The smallest absolute Gasteiger partial charge is 0.267 e. The molecule has 1 unspecified atom stereocenters. The Labute approximate surface area is 154 Å². The lowest BCUT2D eigenvalue weighted by atomic mass is 9.97. The molecular formula is C20H16N2OS2. The van der Waals surface area contributed by atoms with Gasteiger partial charge in [-0.25, -0.2) is 0 Å². The van der Waals surface area contributed by atoms with Gasteiger partial charge in [-0.3, -0.25) is 9.36 Å². The van der Waals surface area contributed by atoms with Crippen molar-refractivity contribution < 1.29 is 0 Å². The molecule has 0 amide bonds. The number of fused-ring (bicyclic) bond motifs is 1. The van der Waals surface area contributed by atoms with Crippen molar-refractivity contribution in [1.29, 1.82) is 0 Å². The normalized spacial score (nSPS) is 19.4. The minimum Gasteiger partial charge on any atom is -0.323 e. The summed E-state index contributed by atoms with van der Waals surface area (Å²) in [5, 5.41) is 2.77. The molecule has 5 heteroatoms. The van der Waals surface area contributed by atoms with Crippen LogP contribution in [0.25, 0.3) is 15.9 Å². The van der Waals surface area contributed by atoms with Gasteiger partial charge in [0, 0.05) is 5.92 Å². The van der Waals surface area contributed by atoms with Crippen LogP contribution in [0.15, 0.2) is 77.0 Å². The number of para-hydroxylation sites is 1. The van der Waals surface area contributed by atoms with Crippen LogP contribution < -0.4 is 5.56 Å². The van der Waals surface area contributed by atoms with Gasteiger partial charge in [-0.15, -0.1) is 11.3 Å². The van der Waals surface area contributed by atoms with Crippen LogP contribution in [-0.4, -0.2) is 9.55 Å². The molecule has 0 saturated heterocycles. The molecule has 1 atom stereocenters. The maximum atomic E-state index is 13.2. The summed E-state index contributed by atoms with van der Waals surface area (Å²) in [5.41, 5.74) is 1.73. The Morgan fingerprint density at radius 1 is 1.12 bits per heavy atom. The average molecular weight is 364 g/mol. The first-order valence-electron chi connectivity index (χ1n) is 8.07. The first-order chi connectivity index (χ1) is 12.3. The van der Waals surface area contributed by atoms with Gasteiger partial charge >= 0.3 is 0 Å². The van der Waals surface area contributed by atoms with Crippen LogP contribution in [0.3, 0.4) is 0 Å². The third-order valence-electron chi connectivity index (χ3n) is 4.21. The lowest BCUT2D eigenvalue weighted by Gasteiger charge is -2.10. The van der Waals surface area contributed by atoms with E-state index in [1.165, 1.54) is 11.3 Å². The zero-order valence-corrected chi connectivity index (χ0v) is 15.0. The van der Waals surface area contributed by atoms with Crippen LogP contribution in [0.2, 0.25) is 0 Å². The molecule has 2 aromatic heterocycles. The maximum absolute atomic E-state index is 13.2. The second-order valence-corrected chi connectivity index (χ2v) is 7.07. The van der Waals surface area contributed by atoms with E-state index in [1.54, 1.807) is 4.57 Å². The molecule has 0 fully saturated rings. The predicted molar refractivity (Wildman–Crippen MR) is 107 cm³/mol. The van der Waals surface area contributed by atoms with Crippen LogP contribution in [0.1, 0.15) is 17.9 Å². The minimum atomic E-state index is -0.0689. The molecule has 3 aromatic rings. The number of aromatic nitrogens is 2.